The maximum absolute atomic E-state index is 13.4. The zero-order chi connectivity index (χ0) is 23.9. The smallest absolute Gasteiger partial charge is 0.253 e. The molecule has 0 saturated carbocycles. The van der Waals surface area contributed by atoms with Gasteiger partial charge < -0.3 is 24.6 Å². The highest BCUT2D eigenvalue weighted by Gasteiger charge is 2.36. The van der Waals surface area contributed by atoms with Crippen molar-refractivity contribution in [1.82, 2.24) is 15.1 Å². The lowest BCUT2D eigenvalue weighted by Gasteiger charge is -2.38. The van der Waals surface area contributed by atoms with E-state index >= 15 is 0 Å². The number of benzene rings is 2. The molecule has 1 unspecified atom stereocenters. The van der Waals surface area contributed by atoms with Gasteiger partial charge in [0.2, 0.25) is 5.91 Å². The number of nitrogens with one attached hydrogen (secondary N) is 1. The van der Waals surface area contributed by atoms with Crippen molar-refractivity contribution in [3.63, 3.8) is 0 Å². The summed E-state index contributed by atoms with van der Waals surface area (Å²) in [6.07, 6.45) is 1.26. The normalized spacial score (nSPS) is 17.7. The Hall–Kier alpha value is -3.39. The molecule has 8 heteroatoms. The Morgan fingerprint density at radius 1 is 0.912 bits per heavy atom. The molecule has 4 rings (SSSR count). The van der Waals surface area contributed by atoms with Gasteiger partial charge in [0.15, 0.2) is 0 Å². The van der Waals surface area contributed by atoms with Crippen molar-refractivity contribution in [2.24, 2.45) is 5.92 Å². The van der Waals surface area contributed by atoms with Crippen molar-refractivity contribution >= 4 is 17.7 Å². The maximum Gasteiger partial charge on any atom is 0.253 e. The molecule has 0 spiro atoms. The SMILES string of the molecule is COc1cccc(C(=O)N2CCC(C(NC(=O)c3ccccc3)C(=O)N3CCOCC3)CC2)c1. The third kappa shape index (κ3) is 5.56. The number of nitrogens with zero attached hydrogens (tertiary/aromatic N) is 2. The molecule has 2 fully saturated rings. The summed E-state index contributed by atoms with van der Waals surface area (Å²) in [5.74, 6) is 0.187. The van der Waals surface area contributed by atoms with Gasteiger partial charge in [-0.25, -0.2) is 0 Å². The molecule has 2 aromatic carbocycles. The van der Waals surface area contributed by atoms with Gasteiger partial charge in [0.25, 0.3) is 11.8 Å². The van der Waals surface area contributed by atoms with Crippen molar-refractivity contribution in [1.29, 1.82) is 0 Å². The lowest BCUT2D eigenvalue weighted by Crippen LogP contribution is -2.56. The van der Waals surface area contributed by atoms with Gasteiger partial charge in [-0.15, -0.1) is 0 Å². The minimum atomic E-state index is -0.639. The minimum absolute atomic E-state index is 0.0540. The van der Waals surface area contributed by atoms with E-state index in [-0.39, 0.29) is 23.6 Å². The number of rotatable bonds is 6. The van der Waals surface area contributed by atoms with Gasteiger partial charge in [-0.3, -0.25) is 14.4 Å². The highest BCUT2D eigenvalue weighted by molar-refractivity contribution is 5.98. The number of likely N-dealkylation sites (tertiary alicyclic amines) is 1. The first-order valence-corrected chi connectivity index (χ1v) is 11.7. The van der Waals surface area contributed by atoms with E-state index in [9.17, 15) is 14.4 Å². The summed E-state index contributed by atoms with van der Waals surface area (Å²) >= 11 is 0. The number of amides is 3. The van der Waals surface area contributed by atoms with Gasteiger partial charge in [-0.05, 0) is 49.1 Å². The summed E-state index contributed by atoms with van der Waals surface area (Å²) < 4.78 is 10.6. The highest BCUT2D eigenvalue weighted by atomic mass is 16.5. The van der Waals surface area contributed by atoms with Gasteiger partial charge in [-0.1, -0.05) is 24.3 Å². The summed E-state index contributed by atoms with van der Waals surface area (Å²) in [6, 6.07) is 15.4. The first-order valence-electron chi connectivity index (χ1n) is 11.7. The fourth-order valence-corrected chi connectivity index (χ4v) is 4.55. The second-order valence-electron chi connectivity index (χ2n) is 8.62. The summed E-state index contributed by atoms with van der Waals surface area (Å²) in [5, 5.41) is 3.00. The molecular weight excluding hydrogens is 434 g/mol. The summed E-state index contributed by atoms with van der Waals surface area (Å²) in [4.78, 5) is 42.9. The topological polar surface area (TPSA) is 88.2 Å². The number of methoxy groups -OCH3 is 1. The fraction of sp³-hybridized carbons (Fsp3) is 0.423. The summed E-state index contributed by atoms with van der Waals surface area (Å²) in [7, 11) is 1.57. The first-order chi connectivity index (χ1) is 16.6. The number of piperidine rings is 1. The van der Waals surface area contributed by atoms with Crippen LogP contribution in [0.25, 0.3) is 0 Å². The highest BCUT2D eigenvalue weighted by Crippen LogP contribution is 2.25. The standard InChI is InChI=1S/C26H31N3O5/c1-33-22-9-5-8-21(18-22)25(31)28-12-10-19(11-13-28)23(26(32)29-14-16-34-17-15-29)27-24(30)20-6-3-2-4-7-20/h2-9,18-19,23H,10-17H2,1H3,(H,27,30). The molecule has 0 aromatic heterocycles. The number of morpholine rings is 1. The van der Waals surface area contributed by atoms with Crippen LogP contribution < -0.4 is 10.1 Å². The van der Waals surface area contributed by atoms with Crippen LogP contribution >= 0.6 is 0 Å². The molecule has 1 atom stereocenters. The number of carbonyl (C=O) groups excluding carboxylic acids is 3. The van der Waals surface area contributed by atoms with Crippen LogP contribution in [0.15, 0.2) is 54.6 Å². The molecule has 2 aromatic rings. The Morgan fingerprint density at radius 2 is 1.59 bits per heavy atom. The lowest BCUT2D eigenvalue weighted by molar-refractivity contribution is -0.139. The summed E-state index contributed by atoms with van der Waals surface area (Å²) in [5.41, 5.74) is 1.10. The van der Waals surface area contributed by atoms with Crippen LogP contribution in [0.1, 0.15) is 33.6 Å². The Balaban J connectivity index is 1.45. The van der Waals surface area contributed by atoms with Gasteiger partial charge in [0.1, 0.15) is 11.8 Å². The predicted octanol–water partition coefficient (Wildman–Crippen LogP) is 2.20. The van der Waals surface area contributed by atoms with Crippen molar-refractivity contribution in [3.05, 3.63) is 65.7 Å². The second kappa shape index (κ2) is 11.2. The van der Waals surface area contributed by atoms with E-state index in [0.29, 0.717) is 69.1 Å². The van der Waals surface area contributed by atoms with E-state index in [2.05, 4.69) is 5.32 Å². The Labute approximate surface area is 199 Å². The molecule has 2 saturated heterocycles. The van der Waals surface area contributed by atoms with Crippen molar-refractivity contribution < 1.29 is 23.9 Å². The monoisotopic (exact) mass is 465 g/mol. The molecule has 2 aliphatic rings. The molecule has 3 amide bonds. The van der Waals surface area contributed by atoms with E-state index in [1.165, 1.54) is 0 Å². The molecule has 180 valence electrons. The number of carbonyl (C=O) groups is 3. The fourth-order valence-electron chi connectivity index (χ4n) is 4.55. The molecule has 2 aliphatic heterocycles. The van der Waals surface area contributed by atoms with E-state index in [4.69, 9.17) is 9.47 Å². The average Bonchev–Trinajstić information content (AvgIpc) is 2.92. The van der Waals surface area contributed by atoms with Crippen LogP contribution in [0.2, 0.25) is 0 Å². The van der Waals surface area contributed by atoms with E-state index in [1.54, 1.807) is 65.4 Å². The van der Waals surface area contributed by atoms with Crippen LogP contribution in [-0.2, 0) is 9.53 Å². The molecule has 0 bridgehead atoms. The Bertz CT molecular complexity index is 999. The Kier molecular flexibility index (Phi) is 7.80. The van der Waals surface area contributed by atoms with Gasteiger partial charge in [0, 0.05) is 37.3 Å². The van der Waals surface area contributed by atoms with Crippen molar-refractivity contribution in [2.45, 2.75) is 18.9 Å². The molecule has 2 heterocycles. The van der Waals surface area contributed by atoms with Crippen LogP contribution in [-0.4, -0.2) is 80.1 Å². The zero-order valence-electron chi connectivity index (χ0n) is 19.4. The van der Waals surface area contributed by atoms with E-state index < -0.39 is 6.04 Å². The zero-order valence-corrected chi connectivity index (χ0v) is 19.4. The van der Waals surface area contributed by atoms with Gasteiger partial charge in [-0.2, -0.15) is 0 Å². The van der Waals surface area contributed by atoms with Crippen LogP contribution in [0.3, 0.4) is 0 Å². The largest absolute Gasteiger partial charge is 0.497 e. The number of ether oxygens (including phenoxy) is 2. The van der Waals surface area contributed by atoms with E-state index in [1.807, 2.05) is 6.07 Å². The van der Waals surface area contributed by atoms with E-state index in [0.717, 1.165) is 0 Å². The minimum Gasteiger partial charge on any atom is -0.497 e. The maximum atomic E-state index is 13.4. The van der Waals surface area contributed by atoms with Crippen molar-refractivity contribution in [2.75, 3.05) is 46.5 Å². The number of hydrogen-bond donors (Lipinski definition) is 1. The van der Waals surface area contributed by atoms with Crippen LogP contribution in [0.4, 0.5) is 0 Å². The molecule has 8 nitrogen and oxygen atoms in total. The molecular formula is C26H31N3O5. The molecule has 0 radical (unpaired) electrons. The van der Waals surface area contributed by atoms with Gasteiger partial charge >= 0.3 is 0 Å². The average molecular weight is 466 g/mol. The molecule has 0 aliphatic carbocycles. The third-order valence-electron chi connectivity index (χ3n) is 6.53. The van der Waals surface area contributed by atoms with Crippen LogP contribution in [0.5, 0.6) is 5.75 Å². The predicted molar refractivity (Wildman–Crippen MR) is 127 cm³/mol. The Morgan fingerprint density at radius 3 is 2.26 bits per heavy atom. The number of hydrogen-bond acceptors (Lipinski definition) is 5. The first kappa shape index (κ1) is 23.8. The third-order valence-corrected chi connectivity index (χ3v) is 6.53. The second-order valence-corrected chi connectivity index (χ2v) is 8.62. The quantitative estimate of drug-likeness (QED) is 0.707. The molecule has 34 heavy (non-hydrogen) atoms. The lowest BCUT2D eigenvalue weighted by atomic mass is 9.87. The van der Waals surface area contributed by atoms with Gasteiger partial charge in [0.05, 0.1) is 20.3 Å². The molecule has 1 N–H and O–H groups in total. The van der Waals surface area contributed by atoms with Crippen molar-refractivity contribution in [3.8, 4) is 5.75 Å². The van der Waals surface area contributed by atoms with Crippen LogP contribution in [0, 0.1) is 5.92 Å². The summed E-state index contributed by atoms with van der Waals surface area (Å²) in [6.45, 7) is 3.08.